The Morgan fingerprint density at radius 1 is 0.893 bits per heavy atom. The van der Waals surface area contributed by atoms with Crippen LogP contribution in [0, 0.1) is 6.92 Å². The Balaban J connectivity index is 1.69. The molecule has 5 rings (SSSR count). The molecule has 4 aromatic rings. The van der Waals surface area contributed by atoms with Crippen molar-refractivity contribution in [1.82, 2.24) is 24.3 Å². The Morgan fingerprint density at radius 3 is 2.64 bits per heavy atom. The lowest BCUT2D eigenvalue weighted by Crippen LogP contribution is -2.37. The molecular weight excluding hydrogens is 352 g/mol. The third-order valence-electron chi connectivity index (χ3n) is 4.84. The van der Waals surface area contributed by atoms with E-state index in [-0.39, 0.29) is 0 Å². The summed E-state index contributed by atoms with van der Waals surface area (Å²) in [5.41, 5.74) is 5.23. The number of hydrogen-bond acceptors (Lipinski definition) is 6. The van der Waals surface area contributed by atoms with Crippen LogP contribution in [0.5, 0.6) is 0 Å². The standard InChI is InChI=1S/C21H20N6O/c1-15-5-4-6-16(23-15)19-20(27-10-3-2-7-18(27)25-19)17-8-9-22-21(24-17)26-11-13-28-14-12-26/h2-10H,11-14H2,1H3. The van der Waals surface area contributed by atoms with Crippen LogP contribution < -0.4 is 4.90 Å². The monoisotopic (exact) mass is 372 g/mol. The molecule has 1 saturated heterocycles. The van der Waals surface area contributed by atoms with Gasteiger partial charge in [0.05, 0.1) is 24.6 Å². The first-order valence-electron chi connectivity index (χ1n) is 9.37. The van der Waals surface area contributed by atoms with E-state index < -0.39 is 0 Å². The van der Waals surface area contributed by atoms with Crippen LogP contribution in [0.25, 0.3) is 28.4 Å². The van der Waals surface area contributed by atoms with Crippen molar-refractivity contribution in [3.63, 3.8) is 0 Å². The van der Waals surface area contributed by atoms with Gasteiger partial charge in [0.25, 0.3) is 0 Å². The van der Waals surface area contributed by atoms with Crippen LogP contribution in [0.15, 0.2) is 54.9 Å². The number of aromatic nitrogens is 5. The maximum Gasteiger partial charge on any atom is 0.226 e. The van der Waals surface area contributed by atoms with Gasteiger partial charge in [0.15, 0.2) is 0 Å². The molecule has 1 aliphatic heterocycles. The van der Waals surface area contributed by atoms with E-state index in [4.69, 9.17) is 19.7 Å². The maximum atomic E-state index is 5.45. The van der Waals surface area contributed by atoms with Gasteiger partial charge in [0.1, 0.15) is 17.0 Å². The number of rotatable bonds is 3. The number of hydrogen-bond donors (Lipinski definition) is 0. The molecule has 140 valence electrons. The van der Waals surface area contributed by atoms with Gasteiger partial charge in [0, 0.05) is 31.2 Å². The van der Waals surface area contributed by atoms with Gasteiger partial charge >= 0.3 is 0 Å². The highest BCUT2D eigenvalue weighted by atomic mass is 16.5. The van der Waals surface area contributed by atoms with Gasteiger partial charge in [-0.2, -0.15) is 0 Å². The first-order valence-corrected chi connectivity index (χ1v) is 9.37. The minimum atomic E-state index is 0.696. The minimum absolute atomic E-state index is 0.696. The highest BCUT2D eigenvalue weighted by Crippen LogP contribution is 2.31. The summed E-state index contributed by atoms with van der Waals surface area (Å²) >= 11 is 0. The lowest BCUT2D eigenvalue weighted by atomic mass is 10.1. The average Bonchev–Trinajstić information content (AvgIpc) is 3.14. The van der Waals surface area contributed by atoms with Gasteiger partial charge in [-0.15, -0.1) is 0 Å². The Kier molecular flexibility index (Phi) is 4.21. The summed E-state index contributed by atoms with van der Waals surface area (Å²) in [6.07, 6.45) is 3.82. The normalized spacial score (nSPS) is 14.5. The van der Waals surface area contributed by atoms with Gasteiger partial charge in [-0.05, 0) is 37.3 Å². The number of imidazole rings is 1. The van der Waals surface area contributed by atoms with E-state index in [9.17, 15) is 0 Å². The molecule has 0 saturated carbocycles. The average molecular weight is 372 g/mol. The molecule has 0 bridgehead atoms. The summed E-state index contributed by atoms with van der Waals surface area (Å²) in [7, 11) is 0. The molecule has 1 aliphatic rings. The SMILES string of the molecule is Cc1cccc(-c2nc3ccccn3c2-c2ccnc(N3CCOCC3)n2)n1. The van der Waals surface area contributed by atoms with Crippen LogP contribution in [0.1, 0.15) is 5.69 Å². The Hall–Kier alpha value is -3.32. The van der Waals surface area contributed by atoms with Gasteiger partial charge in [0.2, 0.25) is 5.95 Å². The van der Waals surface area contributed by atoms with Crippen LogP contribution in [0.4, 0.5) is 5.95 Å². The van der Waals surface area contributed by atoms with Crippen LogP contribution in [-0.4, -0.2) is 50.6 Å². The van der Waals surface area contributed by atoms with Gasteiger partial charge in [-0.1, -0.05) is 12.1 Å². The molecule has 0 unspecified atom stereocenters. The van der Waals surface area contributed by atoms with E-state index in [1.807, 2.05) is 61.8 Å². The van der Waals surface area contributed by atoms with Crippen molar-refractivity contribution in [3.05, 3.63) is 60.6 Å². The van der Waals surface area contributed by atoms with Gasteiger partial charge in [-0.3, -0.25) is 9.38 Å². The number of morpholine rings is 1. The van der Waals surface area contributed by atoms with E-state index in [0.29, 0.717) is 13.2 Å². The fraction of sp³-hybridized carbons (Fsp3) is 0.238. The van der Waals surface area contributed by atoms with Crippen LogP contribution in [-0.2, 0) is 4.74 Å². The molecule has 0 N–H and O–H groups in total. The molecule has 0 aliphatic carbocycles. The van der Waals surface area contributed by atoms with Crippen molar-refractivity contribution in [2.75, 3.05) is 31.2 Å². The van der Waals surface area contributed by atoms with Crippen molar-refractivity contribution in [1.29, 1.82) is 0 Å². The predicted octanol–water partition coefficient (Wildman–Crippen LogP) is 3.00. The minimum Gasteiger partial charge on any atom is -0.378 e. The van der Waals surface area contributed by atoms with Crippen LogP contribution >= 0.6 is 0 Å². The summed E-state index contributed by atoms with van der Waals surface area (Å²) < 4.78 is 7.51. The third kappa shape index (κ3) is 2.99. The third-order valence-corrected chi connectivity index (χ3v) is 4.84. The second kappa shape index (κ2) is 7.01. The molecule has 0 radical (unpaired) electrons. The quantitative estimate of drug-likeness (QED) is 0.551. The zero-order valence-electron chi connectivity index (χ0n) is 15.6. The molecule has 0 amide bonds. The lowest BCUT2D eigenvalue weighted by molar-refractivity contribution is 0.122. The molecule has 7 heteroatoms. The molecule has 0 atom stereocenters. The maximum absolute atomic E-state index is 5.45. The fourth-order valence-electron chi connectivity index (χ4n) is 3.49. The van der Waals surface area contributed by atoms with Crippen molar-refractivity contribution in [2.24, 2.45) is 0 Å². The second-order valence-electron chi connectivity index (χ2n) is 6.74. The van der Waals surface area contributed by atoms with Crippen LogP contribution in [0.3, 0.4) is 0 Å². The second-order valence-corrected chi connectivity index (χ2v) is 6.74. The smallest absolute Gasteiger partial charge is 0.226 e. The summed E-state index contributed by atoms with van der Waals surface area (Å²) in [5.74, 6) is 0.717. The van der Waals surface area contributed by atoms with E-state index >= 15 is 0 Å². The van der Waals surface area contributed by atoms with Crippen molar-refractivity contribution >= 4 is 11.6 Å². The predicted molar refractivity (Wildman–Crippen MR) is 107 cm³/mol. The molecule has 0 spiro atoms. The zero-order chi connectivity index (χ0) is 18.9. The number of anilines is 1. The number of ether oxygens (including phenoxy) is 1. The lowest BCUT2D eigenvalue weighted by Gasteiger charge is -2.26. The molecule has 28 heavy (non-hydrogen) atoms. The Labute approximate surface area is 162 Å². The summed E-state index contributed by atoms with van der Waals surface area (Å²) in [5, 5.41) is 0. The van der Waals surface area contributed by atoms with E-state index in [0.717, 1.165) is 53.2 Å². The Morgan fingerprint density at radius 2 is 1.79 bits per heavy atom. The van der Waals surface area contributed by atoms with E-state index in [1.165, 1.54) is 0 Å². The molecule has 1 fully saturated rings. The zero-order valence-corrected chi connectivity index (χ0v) is 15.6. The Bertz CT molecular complexity index is 1130. The van der Waals surface area contributed by atoms with Gasteiger partial charge < -0.3 is 9.64 Å². The number of fused-ring (bicyclic) bond motifs is 1. The number of nitrogens with zero attached hydrogens (tertiary/aromatic N) is 6. The molecule has 0 aromatic carbocycles. The van der Waals surface area contributed by atoms with Crippen LogP contribution in [0.2, 0.25) is 0 Å². The summed E-state index contributed by atoms with van der Waals surface area (Å²) in [6, 6.07) is 13.9. The number of pyridine rings is 2. The van der Waals surface area contributed by atoms with E-state index in [1.54, 1.807) is 0 Å². The van der Waals surface area contributed by atoms with E-state index in [2.05, 4.69) is 14.3 Å². The summed E-state index contributed by atoms with van der Waals surface area (Å²) in [6.45, 7) is 4.97. The molecule has 7 nitrogen and oxygen atoms in total. The molecule has 4 aromatic heterocycles. The summed E-state index contributed by atoms with van der Waals surface area (Å²) in [4.78, 5) is 21.0. The first-order chi connectivity index (χ1) is 13.8. The largest absolute Gasteiger partial charge is 0.378 e. The highest BCUT2D eigenvalue weighted by Gasteiger charge is 2.20. The van der Waals surface area contributed by atoms with Gasteiger partial charge in [-0.25, -0.2) is 15.0 Å². The number of aryl methyl sites for hydroxylation is 1. The van der Waals surface area contributed by atoms with Crippen molar-refractivity contribution in [2.45, 2.75) is 6.92 Å². The molecular formula is C21H20N6O. The topological polar surface area (TPSA) is 68.4 Å². The van der Waals surface area contributed by atoms with Crippen molar-refractivity contribution < 1.29 is 4.74 Å². The van der Waals surface area contributed by atoms with Crippen molar-refractivity contribution in [3.8, 4) is 22.8 Å². The molecule has 5 heterocycles. The fourth-order valence-corrected chi connectivity index (χ4v) is 3.49. The first kappa shape index (κ1) is 16.8. The highest BCUT2D eigenvalue weighted by molar-refractivity contribution is 5.79.